The fourth-order valence-corrected chi connectivity index (χ4v) is 1.39. The Hall–Kier alpha value is -2.11. The van der Waals surface area contributed by atoms with E-state index in [4.69, 9.17) is 9.26 Å². The van der Waals surface area contributed by atoms with E-state index < -0.39 is 0 Å². The van der Waals surface area contributed by atoms with Gasteiger partial charge in [0.15, 0.2) is 0 Å². The molecular weight excluding hydrogens is 232 g/mol. The zero-order chi connectivity index (χ0) is 12.8. The molecular formula is C12H16N4O2. The van der Waals surface area contributed by atoms with E-state index in [1.807, 2.05) is 19.9 Å². The first-order chi connectivity index (χ1) is 8.78. The number of aryl methyl sites for hydroxylation is 1. The van der Waals surface area contributed by atoms with E-state index in [-0.39, 0.29) is 0 Å². The molecule has 0 radical (unpaired) electrons. The van der Waals surface area contributed by atoms with Crippen molar-refractivity contribution in [3.8, 4) is 5.88 Å². The molecule has 0 spiro atoms. The van der Waals surface area contributed by atoms with Crippen molar-refractivity contribution in [3.63, 3.8) is 0 Å². The number of nitrogens with zero attached hydrogens (tertiary/aromatic N) is 3. The molecule has 96 valence electrons. The first-order valence-corrected chi connectivity index (χ1v) is 5.90. The number of hydrogen-bond acceptors (Lipinski definition) is 6. The molecule has 0 fully saturated rings. The number of rotatable bonds is 6. The van der Waals surface area contributed by atoms with Crippen LogP contribution in [0.15, 0.2) is 22.9 Å². The molecule has 0 aliphatic carbocycles. The molecule has 0 atom stereocenters. The van der Waals surface area contributed by atoms with Crippen LogP contribution in [-0.4, -0.2) is 21.7 Å². The zero-order valence-electron chi connectivity index (χ0n) is 10.5. The standard InChI is InChI=1S/C12H16N4O2/c1-3-6-17-11-4-5-13-12(15-11)14-8-10-7-9(2)18-16-10/h4-5,7H,3,6,8H2,1-2H3,(H,13,14,15). The fourth-order valence-electron chi connectivity index (χ4n) is 1.39. The van der Waals surface area contributed by atoms with Crippen LogP contribution >= 0.6 is 0 Å². The van der Waals surface area contributed by atoms with E-state index in [1.54, 1.807) is 12.3 Å². The van der Waals surface area contributed by atoms with Crippen molar-refractivity contribution in [3.05, 3.63) is 29.8 Å². The monoisotopic (exact) mass is 248 g/mol. The second-order valence-electron chi connectivity index (χ2n) is 3.85. The van der Waals surface area contributed by atoms with Gasteiger partial charge in [-0.2, -0.15) is 4.98 Å². The maximum absolute atomic E-state index is 5.43. The van der Waals surface area contributed by atoms with E-state index in [2.05, 4.69) is 20.4 Å². The highest BCUT2D eigenvalue weighted by molar-refractivity contribution is 5.28. The number of anilines is 1. The van der Waals surface area contributed by atoms with Crippen LogP contribution in [0.3, 0.4) is 0 Å². The van der Waals surface area contributed by atoms with Crippen molar-refractivity contribution in [2.45, 2.75) is 26.8 Å². The smallest absolute Gasteiger partial charge is 0.226 e. The molecule has 6 heteroatoms. The van der Waals surface area contributed by atoms with Gasteiger partial charge in [0.2, 0.25) is 11.8 Å². The van der Waals surface area contributed by atoms with Crippen LogP contribution in [0.1, 0.15) is 24.8 Å². The molecule has 0 aliphatic rings. The predicted molar refractivity (Wildman–Crippen MR) is 66.4 cm³/mol. The molecule has 2 aromatic rings. The summed E-state index contributed by atoms with van der Waals surface area (Å²) in [4.78, 5) is 8.34. The van der Waals surface area contributed by atoms with Crippen LogP contribution in [0.5, 0.6) is 5.88 Å². The van der Waals surface area contributed by atoms with E-state index in [0.717, 1.165) is 17.9 Å². The lowest BCUT2D eigenvalue weighted by atomic mass is 10.4. The molecule has 2 heterocycles. The summed E-state index contributed by atoms with van der Waals surface area (Å²) in [5, 5.41) is 6.94. The van der Waals surface area contributed by atoms with Gasteiger partial charge in [-0.1, -0.05) is 12.1 Å². The highest BCUT2D eigenvalue weighted by Gasteiger charge is 2.03. The van der Waals surface area contributed by atoms with Gasteiger partial charge in [-0.3, -0.25) is 0 Å². The largest absolute Gasteiger partial charge is 0.478 e. The van der Waals surface area contributed by atoms with E-state index in [0.29, 0.717) is 25.0 Å². The summed E-state index contributed by atoms with van der Waals surface area (Å²) in [7, 11) is 0. The Morgan fingerprint density at radius 1 is 1.44 bits per heavy atom. The van der Waals surface area contributed by atoms with Crippen LogP contribution in [0, 0.1) is 6.92 Å². The number of ether oxygens (including phenoxy) is 1. The Morgan fingerprint density at radius 3 is 3.06 bits per heavy atom. The van der Waals surface area contributed by atoms with Crippen LogP contribution < -0.4 is 10.1 Å². The van der Waals surface area contributed by atoms with Gasteiger partial charge in [0.25, 0.3) is 0 Å². The van der Waals surface area contributed by atoms with Gasteiger partial charge in [0.05, 0.1) is 13.2 Å². The third-order valence-electron chi connectivity index (χ3n) is 2.19. The molecule has 1 N–H and O–H groups in total. The first-order valence-electron chi connectivity index (χ1n) is 5.90. The van der Waals surface area contributed by atoms with Gasteiger partial charge < -0.3 is 14.6 Å². The predicted octanol–water partition coefficient (Wildman–Crippen LogP) is 2.17. The molecule has 0 saturated heterocycles. The summed E-state index contributed by atoms with van der Waals surface area (Å²) >= 11 is 0. The number of aromatic nitrogens is 3. The van der Waals surface area contributed by atoms with Crippen molar-refractivity contribution in [1.29, 1.82) is 0 Å². The minimum atomic E-state index is 0.518. The minimum Gasteiger partial charge on any atom is -0.478 e. The highest BCUT2D eigenvalue weighted by Crippen LogP contribution is 2.10. The molecule has 0 amide bonds. The average Bonchev–Trinajstić information content (AvgIpc) is 2.80. The van der Waals surface area contributed by atoms with Gasteiger partial charge in [0.1, 0.15) is 11.5 Å². The van der Waals surface area contributed by atoms with Crippen molar-refractivity contribution in [1.82, 2.24) is 15.1 Å². The molecule has 6 nitrogen and oxygen atoms in total. The average molecular weight is 248 g/mol. The van der Waals surface area contributed by atoms with Crippen molar-refractivity contribution < 1.29 is 9.26 Å². The number of hydrogen-bond donors (Lipinski definition) is 1. The maximum Gasteiger partial charge on any atom is 0.226 e. The van der Waals surface area contributed by atoms with Crippen molar-refractivity contribution in [2.24, 2.45) is 0 Å². The zero-order valence-corrected chi connectivity index (χ0v) is 10.5. The summed E-state index contributed by atoms with van der Waals surface area (Å²) in [6.07, 6.45) is 2.61. The topological polar surface area (TPSA) is 73.1 Å². The Morgan fingerprint density at radius 2 is 2.33 bits per heavy atom. The van der Waals surface area contributed by atoms with Gasteiger partial charge in [0, 0.05) is 18.3 Å². The molecule has 0 bridgehead atoms. The Labute approximate surface area is 105 Å². The second kappa shape index (κ2) is 6.00. The Kier molecular flexibility index (Phi) is 4.11. The third-order valence-corrected chi connectivity index (χ3v) is 2.19. The van der Waals surface area contributed by atoms with Crippen LogP contribution in [0.2, 0.25) is 0 Å². The lowest BCUT2D eigenvalue weighted by molar-refractivity contribution is 0.305. The molecule has 0 unspecified atom stereocenters. The lowest BCUT2D eigenvalue weighted by Crippen LogP contribution is -2.05. The van der Waals surface area contributed by atoms with E-state index in [1.165, 1.54) is 0 Å². The summed E-state index contributed by atoms with van der Waals surface area (Å²) in [6.45, 7) is 5.08. The Bertz CT molecular complexity index is 498. The Balaban J connectivity index is 1.92. The van der Waals surface area contributed by atoms with Gasteiger partial charge >= 0.3 is 0 Å². The quantitative estimate of drug-likeness (QED) is 0.844. The molecule has 0 saturated carbocycles. The molecule has 0 aromatic carbocycles. The molecule has 18 heavy (non-hydrogen) atoms. The molecule has 2 aromatic heterocycles. The van der Waals surface area contributed by atoms with Gasteiger partial charge in [-0.05, 0) is 13.3 Å². The lowest BCUT2D eigenvalue weighted by Gasteiger charge is -2.05. The minimum absolute atomic E-state index is 0.518. The van der Waals surface area contributed by atoms with Crippen LogP contribution in [0.4, 0.5) is 5.95 Å². The highest BCUT2D eigenvalue weighted by atomic mass is 16.5. The van der Waals surface area contributed by atoms with Crippen molar-refractivity contribution >= 4 is 5.95 Å². The normalized spacial score (nSPS) is 10.3. The van der Waals surface area contributed by atoms with Crippen LogP contribution in [-0.2, 0) is 6.54 Å². The first kappa shape index (κ1) is 12.3. The van der Waals surface area contributed by atoms with Crippen LogP contribution in [0.25, 0.3) is 0 Å². The van der Waals surface area contributed by atoms with Gasteiger partial charge in [-0.25, -0.2) is 4.98 Å². The van der Waals surface area contributed by atoms with E-state index in [9.17, 15) is 0 Å². The fraction of sp³-hybridized carbons (Fsp3) is 0.417. The summed E-state index contributed by atoms with van der Waals surface area (Å²) < 4.78 is 10.4. The summed E-state index contributed by atoms with van der Waals surface area (Å²) in [5.41, 5.74) is 0.816. The van der Waals surface area contributed by atoms with E-state index >= 15 is 0 Å². The summed E-state index contributed by atoms with van der Waals surface area (Å²) in [6, 6.07) is 3.60. The van der Waals surface area contributed by atoms with Crippen molar-refractivity contribution in [2.75, 3.05) is 11.9 Å². The third kappa shape index (κ3) is 3.44. The second-order valence-corrected chi connectivity index (χ2v) is 3.85. The van der Waals surface area contributed by atoms with Gasteiger partial charge in [-0.15, -0.1) is 0 Å². The summed E-state index contributed by atoms with van der Waals surface area (Å²) in [5.74, 6) is 1.88. The molecule has 2 rings (SSSR count). The molecule has 0 aliphatic heterocycles. The maximum atomic E-state index is 5.43. The SMILES string of the molecule is CCCOc1ccnc(NCc2cc(C)on2)n1. The number of nitrogens with one attached hydrogen (secondary N) is 1.